The molecule has 1 unspecified atom stereocenters. The molecule has 1 atom stereocenters. The normalized spacial score (nSPS) is 12.2. The Bertz CT molecular complexity index is 379. The third-order valence-corrected chi connectivity index (χ3v) is 2.17. The molecule has 0 radical (unpaired) electrons. The van der Waals surface area contributed by atoms with Crippen LogP contribution in [0.5, 0.6) is 5.75 Å². The summed E-state index contributed by atoms with van der Waals surface area (Å²) >= 11 is 3.15. The quantitative estimate of drug-likeness (QED) is 0.904. The van der Waals surface area contributed by atoms with Crippen LogP contribution in [0.25, 0.3) is 0 Å². The van der Waals surface area contributed by atoms with Crippen molar-refractivity contribution < 1.29 is 9.13 Å². The second-order valence-electron chi connectivity index (χ2n) is 3.75. The highest BCUT2D eigenvalue weighted by atomic mass is 79.9. The van der Waals surface area contributed by atoms with E-state index < -0.39 is 0 Å². The first-order chi connectivity index (χ1) is 7.49. The van der Waals surface area contributed by atoms with E-state index in [4.69, 9.17) is 10.5 Å². The molecule has 0 aliphatic carbocycles. The zero-order chi connectivity index (χ0) is 12.1. The summed E-state index contributed by atoms with van der Waals surface area (Å²) < 4.78 is 19.4. The molecule has 0 spiro atoms. The molecule has 0 fully saturated rings. The van der Waals surface area contributed by atoms with Crippen LogP contribution in [0.2, 0.25) is 0 Å². The number of hydrogen-bond acceptors (Lipinski definition) is 2. The fourth-order valence-corrected chi connectivity index (χ4v) is 1.43. The molecule has 16 heavy (non-hydrogen) atoms. The van der Waals surface area contributed by atoms with Crippen LogP contribution in [-0.2, 0) is 6.42 Å². The third-order valence-electron chi connectivity index (χ3n) is 1.94. The van der Waals surface area contributed by atoms with E-state index in [9.17, 15) is 4.39 Å². The molecule has 0 aromatic heterocycles. The minimum atomic E-state index is -0.369. The molecule has 0 bridgehead atoms. The van der Waals surface area contributed by atoms with Gasteiger partial charge in [0.2, 0.25) is 0 Å². The lowest BCUT2D eigenvalue weighted by Gasteiger charge is -2.09. The standard InChI is InChI=1S/C12H15BrFNO/c1-8(13)7-16-12-4-3-10(5-9(2)15)6-11(12)14/h3-4,6,9H,1,5,7,15H2,2H3. The van der Waals surface area contributed by atoms with Crippen LogP contribution in [0, 0.1) is 5.82 Å². The van der Waals surface area contributed by atoms with Crippen LogP contribution in [0.1, 0.15) is 12.5 Å². The average Bonchev–Trinajstić information content (AvgIpc) is 2.15. The molecule has 1 aromatic rings. The number of halogens is 2. The van der Waals surface area contributed by atoms with Gasteiger partial charge in [-0.3, -0.25) is 0 Å². The maximum Gasteiger partial charge on any atom is 0.165 e. The smallest absolute Gasteiger partial charge is 0.165 e. The largest absolute Gasteiger partial charge is 0.485 e. The molecule has 2 nitrogen and oxygen atoms in total. The van der Waals surface area contributed by atoms with E-state index in [1.54, 1.807) is 6.07 Å². The van der Waals surface area contributed by atoms with Crippen LogP contribution in [0.3, 0.4) is 0 Å². The molecule has 88 valence electrons. The zero-order valence-corrected chi connectivity index (χ0v) is 10.8. The first-order valence-electron chi connectivity index (χ1n) is 4.99. The van der Waals surface area contributed by atoms with Gasteiger partial charge in [0.1, 0.15) is 6.61 Å². The van der Waals surface area contributed by atoms with Crippen molar-refractivity contribution >= 4 is 15.9 Å². The lowest BCUT2D eigenvalue weighted by atomic mass is 10.1. The van der Waals surface area contributed by atoms with Crippen molar-refractivity contribution in [3.05, 3.63) is 40.6 Å². The lowest BCUT2D eigenvalue weighted by molar-refractivity contribution is 0.339. The van der Waals surface area contributed by atoms with E-state index in [1.807, 2.05) is 13.0 Å². The van der Waals surface area contributed by atoms with Gasteiger partial charge in [-0.2, -0.15) is 0 Å². The Morgan fingerprint density at radius 1 is 1.62 bits per heavy atom. The van der Waals surface area contributed by atoms with Crippen molar-refractivity contribution in [2.24, 2.45) is 5.73 Å². The van der Waals surface area contributed by atoms with Crippen molar-refractivity contribution in [3.8, 4) is 5.75 Å². The summed E-state index contributed by atoms with van der Waals surface area (Å²) in [5.74, 6) is -0.138. The predicted octanol–water partition coefficient (Wildman–Crippen LogP) is 3.00. The minimum absolute atomic E-state index is 0.0217. The van der Waals surface area contributed by atoms with E-state index in [1.165, 1.54) is 6.07 Å². The second kappa shape index (κ2) is 6.01. The van der Waals surface area contributed by atoms with Gasteiger partial charge in [-0.1, -0.05) is 28.6 Å². The summed E-state index contributed by atoms with van der Waals surface area (Å²) in [7, 11) is 0. The highest BCUT2D eigenvalue weighted by Crippen LogP contribution is 2.20. The maximum atomic E-state index is 13.5. The summed E-state index contributed by atoms with van der Waals surface area (Å²) in [5.41, 5.74) is 6.51. The summed E-state index contributed by atoms with van der Waals surface area (Å²) in [6.07, 6.45) is 0.655. The fraction of sp³-hybridized carbons (Fsp3) is 0.333. The molecule has 0 saturated heterocycles. The van der Waals surface area contributed by atoms with Crippen LogP contribution in [-0.4, -0.2) is 12.6 Å². The van der Waals surface area contributed by atoms with Gasteiger partial charge in [-0.25, -0.2) is 4.39 Å². The number of nitrogens with two attached hydrogens (primary N) is 1. The highest BCUT2D eigenvalue weighted by Gasteiger charge is 2.06. The Balaban J connectivity index is 2.71. The molecule has 0 saturated carbocycles. The first kappa shape index (κ1) is 13.2. The van der Waals surface area contributed by atoms with Gasteiger partial charge in [0.05, 0.1) is 0 Å². The van der Waals surface area contributed by atoms with Gasteiger partial charge in [0.25, 0.3) is 0 Å². The molecule has 1 rings (SSSR count). The number of hydrogen-bond donors (Lipinski definition) is 1. The maximum absolute atomic E-state index is 13.5. The monoisotopic (exact) mass is 287 g/mol. The molecular formula is C12H15BrFNO. The Hall–Kier alpha value is -0.870. The van der Waals surface area contributed by atoms with E-state index >= 15 is 0 Å². The molecular weight excluding hydrogens is 273 g/mol. The molecule has 2 N–H and O–H groups in total. The van der Waals surface area contributed by atoms with Crippen molar-refractivity contribution in [1.82, 2.24) is 0 Å². The number of rotatable bonds is 5. The van der Waals surface area contributed by atoms with Gasteiger partial charge in [0.15, 0.2) is 11.6 Å². The lowest BCUT2D eigenvalue weighted by Crippen LogP contribution is -2.17. The Morgan fingerprint density at radius 3 is 2.81 bits per heavy atom. The van der Waals surface area contributed by atoms with Crippen LogP contribution < -0.4 is 10.5 Å². The molecule has 0 aliphatic rings. The van der Waals surface area contributed by atoms with E-state index in [-0.39, 0.29) is 24.2 Å². The van der Waals surface area contributed by atoms with Crippen molar-refractivity contribution in [2.45, 2.75) is 19.4 Å². The second-order valence-corrected chi connectivity index (χ2v) is 4.87. The molecule has 0 heterocycles. The molecule has 0 amide bonds. The first-order valence-corrected chi connectivity index (χ1v) is 5.78. The summed E-state index contributed by atoms with van der Waals surface area (Å²) in [4.78, 5) is 0. The molecule has 4 heteroatoms. The summed E-state index contributed by atoms with van der Waals surface area (Å²) in [6.45, 7) is 5.75. The van der Waals surface area contributed by atoms with E-state index in [0.717, 1.165) is 5.56 Å². The van der Waals surface area contributed by atoms with Crippen LogP contribution >= 0.6 is 15.9 Å². The molecule has 0 aliphatic heterocycles. The average molecular weight is 288 g/mol. The topological polar surface area (TPSA) is 35.2 Å². The zero-order valence-electron chi connectivity index (χ0n) is 9.17. The van der Waals surface area contributed by atoms with Gasteiger partial charge in [0, 0.05) is 10.5 Å². The van der Waals surface area contributed by atoms with Gasteiger partial charge in [-0.15, -0.1) is 0 Å². The van der Waals surface area contributed by atoms with Crippen LogP contribution in [0.15, 0.2) is 29.3 Å². The molecule has 1 aromatic carbocycles. The number of benzene rings is 1. The van der Waals surface area contributed by atoms with E-state index in [2.05, 4.69) is 22.5 Å². The van der Waals surface area contributed by atoms with Gasteiger partial charge < -0.3 is 10.5 Å². The SMILES string of the molecule is C=C(Br)COc1ccc(CC(C)N)cc1F. The van der Waals surface area contributed by atoms with Crippen molar-refractivity contribution in [3.63, 3.8) is 0 Å². The Labute approximate surface area is 103 Å². The van der Waals surface area contributed by atoms with Gasteiger partial charge >= 0.3 is 0 Å². The fourth-order valence-electron chi connectivity index (χ4n) is 1.32. The van der Waals surface area contributed by atoms with E-state index in [0.29, 0.717) is 10.9 Å². The minimum Gasteiger partial charge on any atom is -0.485 e. The highest BCUT2D eigenvalue weighted by molar-refractivity contribution is 9.11. The van der Waals surface area contributed by atoms with Crippen LogP contribution in [0.4, 0.5) is 4.39 Å². The third kappa shape index (κ3) is 4.33. The van der Waals surface area contributed by atoms with Gasteiger partial charge in [-0.05, 0) is 31.0 Å². The van der Waals surface area contributed by atoms with Crippen molar-refractivity contribution in [2.75, 3.05) is 6.61 Å². The summed E-state index contributed by atoms with van der Waals surface area (Å²) in [6, 6.07) is 4.91. The Morgan fingerprint density at radius 2 is 2.31 bits per heavy atom. The van der Waals surface area contributed by atoms with Crippen molar-refractivity contribution in [1.29, 1.82) is 0 Å². The number of ether oxygens (including phenoxy) is 1. The predicted molar refractivity (Wildman–Crippen MR) is 67.3 cm³/mol. The summed E-state index contributed by atoms with van der Waals surface area (Å²) in [5, 5.41) is 0. The Kier molecular flexibility index (Phi) is 4.96.